The molecule has 0 unspecified atom stereocenters. The quantitative estimate of drug-likeness (QED) is 0.636. The normalized spacial score (nSPS) is 18.3. The second-order valence-electron chi connectivity index (χ2n) is 2.34. The van der Waals surface area contributed by atoms with E-state index in [9.17, 15) is 0 Å². The van der Waals surface area contributed by atoms with Crippen molar-refractivity contribution in [3.63, 3.8) is 0 Å². The molecule has 0 spiro atoms. The molecule has 2 nitrogen and oxygen atoms in total. The zero-order valence-electron chi connectivity index (χ0n) is 7.27. The van der Waals surface area contributed by atoms with Crippen molar-refractivity contribution in [3.8, 4) is 0 Å². The minimum atomic E-state index is 0. The second kappa shape index (κ2) is 7.03. The highest BCUT2D eigenvalue weighted by atomic mass is 15.1. The van der Waals surface area contributed by atoms with Gasteiger partial charge in [0.2, 0.25) is 0 Å². The highest BCUT2D eigenvalue weighted by Crippen LogP contribution is 2.04. The molecule has 0 amide bonds. The van der Waals surface area contributed by atoms with E-state index in [-0.39, 0.29) is 1.43 Å². The molecule has 1 fully saturated rings. The molecule has 0 atom stereocenters. The monoisotopic (exact) mass is 146 g/mol. The van der Waals surface area contributed by atoms with E-state index in [4.69, 9.17) is 5.73 Å². The van der Waals surface area contributed by atoms with Gasteiger partial charge in [-0.25, -0.2) is 0 Å². The van der Waals surface area contributed by atoms with Gasteiger partial charge in [0.05, 0.1) is 0 Å². The largest absolute Gasteiger partial charge is 0.329 e. The summed E-state index contributed by atoms with van der Waals surface area (Å²) in [5.74, 6) is 0. The lowest BCUT2D eigenvalue weighted by Gasteiger charge is -2.11. The molecule has 1 saturated heterocycles. The number of nitrogens with zero attached hydrogens (tertiary/aromatic N) is 1. The van der Waals surface area contributed by atoms with E-state index in [2.05, 4.69) is 4.90 Å². The van der Waals surface area contributed by atoms with Crippen LogP contribution in [0, 0.1) is 0 Å². The number of hydrogen-bond donors (Lipinski definition) is 1. The van der Waals surface area contributed by atoms with E-state index in [0.29, 0.717) is 0 Å². The van der Waals surface area contributed by atoms with Gasteiger partial charge in [-0.05, 0) is 25.9 Å². The van der Waals surface area contributed by atoms with E-state index in [0.717, 1.165) is 13.1 Å². The average Bonchev–Trinajstić information content (AvgIpc) is 2.46. The van der Waals surface area contributed by atoms with Crippen LogP contribution in [0.3, 0.4) is 0 Å². The average molecular weight is 146 g/mol. The molecule has 0 radical (unpaired) electrons. The summed E-state index contributed by atoms with van der Waals surface area (Å²) >= 11 is 0. The van der Waals surface area contributed by atoms with E-state index >= 15 is 0 Å². The van der Waals surface area contributed by atoms with Crippen LogP contribution in [-0.4, -0.2) is 31.1 Å². The van der Waals surface area contributed by atoms with Crippen LogP contribution in [0.25, 0.3) is 0 Å². The molecule has 1 heterocycles. The van der Waals surface area contributed by atoms with Crippen LogP contribution < -0.4 is 5.73 Å². The van der Waals surface area contributed by atoms with Crippen LogP contribution in [0.2, 0.25) is 0 Å². The molecule has 2 heteroatoms. The van der Waals surface area contributed by atoms with Crippen molar-refractivity contribution in [3.05, 3.63) is 0 Å². The Morgan fingerprint density at radius 1 is 1.30 bits per heavy atom. The molecule has 0 aromatic carbocycles. The highest BCUT2D eigenvalue weighted by molar-refractivity contribution is 4.65. The Balaban J connectivity index is 0. The van der Waals surface area contributed by atoms with Crippen molar-refractivity contribution in [2.75, 3.05) is 26.2 Å². The molecule has 0 aromatic rings. The lowest BCUT2D eigenvalue weighted by Crippen LogP contribution is -2.26. The van der Waals surface area contributed by atoms with Crippen molar-refractivity contribution in [1.29, 1.82) is 0 Å². The third kappa shape index (κ3) is 3.85. The van der Waals surface area contributed by atoms with Gasteiger partial charge in [-0.15, -0.1) is 0 Å². The van der Waals surface area contributed by atoms with Gasteiger partial charge in [-0.1, -0.05) is 13.8 Å². The summed E-state index contributed by atoms with van der Waals surface area (Å²) in [5.41, 5.74) is 5.37. The summed E-state index contributed by atoms with van der Waals surface area (Å²) in [6, 6.07) is 0. The predicted octanol–water partition coefficient (Wildman–Crippen LogP) is 1.31. The smallest absolute Gasteiger partial charge is 0.0105 e. The molecule has 1 aliphatic heterocycles. The van der Waals surface area contributed by atoms with Gasteiger partial charge in [-0.3, -0.25) is 0 Å². The molecule has 64 valence electrons. The van der Waals surface area contributed by atoms with Gasteiger partial charge in [0, 0.05) is 14.5 Å². The molecule has 1 aliphatic rings. The van der Waals surface area contributed by atoms with Gasteiger partial charge in [0.15, 0.2) is 0 Å². The van der Waals surface area contributed by atoms with Crippen LogP contribution >= 0.6 is 0 Å². The molecular formula is C8H22N2. The topological polar surface area (TPSA) is 29.3 Å². The van der Waals surface area contributed by atoms with Gasteiger partial charge >= 0.3 is 0 Å². The zero-order valence-corrected chi connectivity index (χ0v) is 7.27. The Bertz CT molecular complexity index is 63.1. The predicted molar refractivity (Wildman–Crippen MR) is 48.2 cm³/mol. The first-order valence-electron chi connectivity index (χ1n) is 4.36. The first-order valence-corrected chi connectivity index (χ1v) is 4.36. The van der Waals surface area contributed by atoms with Crippen molar-refractivity contribution >= 4 is 0 Å². The Morgan fingerprint density at radius 2 is 1.80 bits per heavy atom. The van der Waals surface area contributed by atoms with Crippen molar-refractivity contribution in [2.45, 2.75) is 26.7 Å². The molecule has 0 bridgehead atoms. The second-order valence-corrected chi connectivity index (χ2v) is 2.34. The van der Waals surface area contributed by atoms with Crippen molar-refractivity contribution < 1.29 is 1.43 Å². The van der Waals surface area contributed by atoms with E-state index in [1.54, 1.807) is 0 Å². The molecule has 0 aliphatic carbocycles. The summed E-state index contributed by atoms with van der Waals surface area (Å²) in [4.78, 5) is 2.42. The highest BCUT2D eigenvalue weighted by Gasteiger charge is 2.08. The Labute approximate surface area is 65.9 Å². The maximum Gasteiger partial charge on any atom is 0.0105 e. The third-order valence-electron chi connectivity index (χ3n) is 1.64. The van der Waals surface area contributed by atoms with Gasteiger partial charge in [0.1, 0.15) is 0 Å². The number of rotatable bonds is 2. The SMILES string of the molecule is CC.NCCN1CCCC1.[HH]. The summed E-state index contributed by atoms with van der Waals surface area (Å²) in [5, 5.41) is 0. The van der Waals surface area contributed by atoms with Crippen LogP contribution in [-0.2, 0) is 0 Å². The number of hydrogen-bond acceptors (Lipinski definition) is 2. The molecular weight excluding hydrogens is 124 g/mol. The van der Waals surface area contributed by atoms with E-state index in [1.807, 2.05) is 13.8 Å². The van der Waals surface area contributed by atoms with Crippen LogP contribution in [0.5, 0.6) is 0 Å². The third-order valence-corrected chi connectivity index (χ3v) is 1.64. The molecule has 10 heavy (non-hydrogen) atoms. The lowest BCUT2D eigenvalue weighted by atomic mass is 10.4. The Kier molecular flexibility index (Phi) is 6.98. The molecule has 0 aromatic heterocycles. The summed E-state index contributed by atoms with van der Waals surface area (Å²) in [6.45, 7) is 8.47. The van der Waals surface area contributed by atoms with Crippen LogP contribution in [0.15, 0.2) is 0 Å². The molecule has 1 rings (SSSR count). The van der Waals surface area contributed by atoms with E-state index < -0.39 is 0 Å². The maximum absolute atomic E-state index is 5.37. The first-order chi connectivity index (χ1) is 4.93. The Morgan fingerprint density at radius 3 is 2.20 bits per heavy atom. The van der Waals surface area contributed by atoms with Gasteiger partial charge < -0.3 is 10.6 Å². The van der Waals surface area contributed by atoms with E-state index in [1.165, 1.54) is 25.9 Å². The fraction of sp³-hybridized carbons (Fsp3) is 1.00. The summed E-state index contributed by atoms with van der Waals surface area (Å²) < 4.78 is 0. The van der Waals surface area contributed by atoms with Crippen molar-refractivity contribution in [2.24, 2.45) is 5.73 Å². The maximum atomic E-state index is 5.37. The van der Waals surface area contributed by atoms with Crippen LogP contribution in [0.4, 0.5) is 0 Å². The molecule has 2 N–H and O–H groups in total. The fourth-order valence-corrected chi connectivity index (χ4v) is 1.19. The Hall–Kier alpha value is -0.0800. The number of likely N-dealkylation sites (tertiary alicyclic amines) is 1. The lowest BCUT2D eigenvalue weighted by molar-refractivity contribution is 0.349. The fourth-order valence-electron chi connectivity index (χ4n) is 1.19. The summed E-state index contributed by atoms with van der Waals surface area (Å²) in [6.07, 6.45) is 2.75. The van der Waals surface area contributed by atoms with Gasteiger partial charge in [-0.2, -0.15) is 0 Å². The standard InChI is InChI=1S/C6H14N2.C2H6.H2/c7-3-6-8-4-1-2-5-8;1-2;/h1-7H2;1-2H3;1H. The zero-order chi connectivity index (χ0) is 7.82. The number of nitrogens with two attached hydrogens (primary N) is 1. The van der Waals surface area contributed by atoms with Gasteiger partial charge in [0.25, 0.3) is 0 Å². The first kappa shape index (κ1) is 9.92. The molecule has 0 saturated carbocycles. The van der Waals surface area contributed by atoms with Crippen LogP contribution in [0.1, 0.15) is 28.1 Å². The minimum absolute atomic E-state index is 0. The summed E-state index contributed by atoms with van der Waals surface area (Å²) in [7, 11) is 0. The minimum Gasteiger partial charge on any atom is -0.329 e. The van der Waals surface area contributed by atoms with Crippen molar-refractivity contribution in [1.82, 2.24) is 4.90 Å².